The van der Waals surface area contributed by atoms with Crippen molar-refractivity contribution < 1.29 is 4.39 Å². The molecule has 0 aliphatic rings. The van der Waals surface area contributed by atoms with Gasteiger partial charge in [0.1, 0.15) is 11.6 Å². The molecule has 0 unspecified atom stereocenters. The first-order chi connectivity index (χ1) is 7.63. The number of fused-ring (bicyclic) bond motifs is 1. The van der Waals surface area contributed by atoms with E-state index in [1.165, 1.54) is 6.07 Å². The van der Waals surface area contributed by atoms with Crippen LogP contribution in [0.1, 0.15) is 25.6 Å². The molecule has 0 amide bonds. The van der Waals surface area contributed by atoms with Crippen LogP contribution in [0.2, 0.25) is 0 Å². The van der Waals surface area contributed by atoms with Crippen LogP contribution in [0.3, 0.4) is 0 Å². The van der Waals surface area contributed by atoms with Crippen molar-refractivity contribution in [1.29, 1.82) is 0 Å². The van der Waals surface area contributed by atoms with Gasteiger partial charge >= 0.3 is 0 Å². The summed E-state index contributed by atoms with van der Waals surface area (Å²) in [5, 5.41) is 0.328. The fourth-order valence-corrected chi connectivity index (χ4v) is 1.52. The highest BCUT2D eigenvalue weighted by atomic mass is 19.1. The Bertz CT molecular complexity index is 525. The van der Waals surface area contributed by atoms with Gasteiger partial charge in [-0.3, -0.25) is 0 Å². The maximum Gasteiger partial charge on any atom is 0.154 e. The number of nitrogens with one attached hydrogen (secondary N) is 1. The number of halogens is 1. The molecule has 0 spiro atoms. The minimum absolute atomic E-state index is 0.166. The van der Waals surface area contributed by atoms with Crippen LogP contribution < -0.4 is 11.3 Å². The number of hydrogen-bond acceptors (Lipinski definition) is 4. The highest BCUT2D eigenvalue weighted by Gasteiger charge is 2.12. The average molecular weight is 220 g/mol. The molecule has 16 heavy (non-hydrogen) atoms. The van der Waals surface area contributed by atoms with Gasteiger partial charge in [-0.2, -0.15) is 0 Å². The topological polar surface area (TPSA) is 63.8 Å². The summed E-state index contributed by atoms with van der Waals surface area (Å²) in [7, 11) is 0. The predicted octanol–water partition coefficient (Wildman–Crippen LogP) is 2.18. The van der Waals surface area contributed by atoms with Crippen LogP contribution >= 0.6 is 0 Å². The number of nitrogen functional groups attached to an aromatic ring is 1. The van der Waals surface area contributed by atoms with Gasteiger partial charge in [0, 0.05) is 5.92 Å². The molecule has 0 fully saturated rings. The van der Waals surface area contributed by atoms with Crippen molar-refractivity contribution in [3.63, 3.8) is 0 Å². The van der Waals surface area contributed by atoms with Crippen LogP contribution in [-0.4, -0.2) is 9.97 Å². The van der Waals surface area contributed by atoms with E-state index in [0.29, 0.717) is 22.5 Å². The Morgan fingerprint density at radius 1 is 1.31 bits per heavy atom. The fraction of sp³-hybridized carbons (Fsp3) is 0.273. The van der Waals surface area contributed by atoms with Crippen molar-refractivity contribution >= 4 is 16.7 Å². The number of nitrogens with two attached hydrogens (primary N) is 1. The summed E-state index contributed by atoms with van der Waals surface area (Å²) in [4.78, 5) is 8.49. The summed E-state index contributed by atoms with van der Waals surface area (Å²) in [6.45, 7) is 3.95. The number of aromatic nitrogens is 2. The van der Waals surface area contributed by atoms with Gasteiger partial charge in [-0.25, -0.2) is 20.2 Å². The first-order valence-corrected chi connectivity index (χ1v) is 5.06. The molecule has 3 N–H and O–H groups in total. The average Bonchev–Trinajstić information content (AvgIpc) is 2.27. The number of benzene rings is 1. The van der Waals surface area contributed by atoms with Gasteiger partial charge in [0.25, 0.3) is 0 Å². The minimum atomic E-state index is -0.374. The lowest BCUT2D eigenvalue weighted by Crippen LogP contribution is -2.12. The SMILES string of the molecule is CC(C)c1nc(NN)c2c(F)cccc2n1. The highest BCUT2D eigenvalue weighted by Crippen LogP contribution is 2.24. The molecular formula is C11H13FN4. The zero-order valence-electron chi connectivity index (χ0n) is 9.16. The molecule has 0 aliphatic carbocycles. The van der Waals surface area contributed by atoms with Crippen molar-refractivity contribution in [3.8, 4) is 0 Å². The zero-order valence-corrected chi connectivity index (χ0v) is 9.16. The molecule has 84 valence electrons. The quantitative estimate of drug-likeness (QED) is 0.601. The number of hydrogen-bond donors (Lipinski definition) is 2. The van der Waals surface area contributed by atoms with Gasteiger partial charge in [0.15, 0.2) is 5.82 Å². The van der Waals surface area contributed by atoms with Crippen molar-refractivity contribution in [3.05, 3.63) is 29.8 Å². The van der Waals surface area contributed by atoms with E-state index in [1.54, 1.807) is 12.1 Å². The molecule has 0 bridgehead atoms. The van der Waals surface area contributed by atoms with Crippen molar-refractivity contribution in [2.75, 3.05) is 5.43 Å². The van der Waals surface area contributed by atoms with Gasteiger partial charge in [-0.1, -0.05) is 19.9 Å². The summed E-state index contributed by atoms with van der Waals surface area (Å²) >= 11 is 0. The lowest BCUT2D eigenvalue weighted by atomic mass is 10.1. The van der Waals surface area contributed by atoms with Crippen LogP contribution in [0.4, 0.5) is 10.2 Å². The van der Waals surface area contributed by atoms with Crippen molar-refractivity contribution in [1.82, 2.24) is 9.97 Å². The first-order valence-electron chi connectivity index (χ1n) is 5.06. The second-order valence-corrected chi connectivity index (χ2v) is 3.86. The van der Waals surface area contributed by atoms with E-state index in [4.69, 9.17) is 5.84 Å². The Hall–Kier alpha value is -1.75. The van der Waals surface area contributed by atoms with E-state index in [2.05, 4.69) is 15.4 Å². The zero-order chi connectivity index (χ0) is 11.7. The Morgan fingerprint density at radius 3 is 2.69 bits per heavy atom. The standard InChI is InChI=1S/C11H13FN4/c1-6(2)10-14-8-5-3-4-7(12)9(8)11(15-10)16-13/h3-6H,13H2,1-2H3,(H,14,15,16). The Kier molecular flexibility index (Phi) is 2.70. The summed E-state index contributed by atoms with van der Waals surface area (Å²) < 4.78 is 13.6. The van der Waals surface area contributed by atoms with Gasteiger partial charge in [-0.15, -0.1) is 0 Å². The maximum atomic E-state index is 13.6. The van der Waals surface area contributed by atoms with Crippen molar-refractivity contribution in [2.24, 2.45) is 5.84 Å². The molecule has 2 aromatic rings. The molecule has 0 aliphatic heterocycles. The van der Waals surface area contributed by atoms with Crippen LogP contribution in [0.5, 0.6) is 0 Å². The van der Waals surface area contributed by atoms with Gasteiger partial charge in [-0.05, 0) is 12.1 Å². The van der Waals surface area contributed by atoms with Gasteiger partial charge in [0.05, 0.1) is 10.9 Å². The molecule has 0 saturated heterocycles. The van der Waals surface area contributed by atoms with E-state index >= 15 is 0 Å². The molecule has 0 saturated carbocycles. The number of rotatable bonds is 2. The lowest BCUT2D eigenvalue weighted by molar-refractivity contribution is 0.638. The number of nitrogens with zero attached hydrogens (tertiary/aromatic N) is 2. The van der Waals surface area contributed by atoms with E-state index < -0.39 is 0 Å². The summed E-state index contributed by atoms with van der Waals surface area (Å²) in [6, 6.07) is 4.73. The van der Waals surface area contributed by atoms with Gasteiger partial charge < -0.3 is 5.43 Å². The Labute approximate surface area is 92.7 Å². The molecule has 2 rings (SSSR count). The first kappa shape index (κ1) is 10.8. The minimum Gasteiger partial charge on any atom is -0.308 e. The van der Waals surface area contributed by atoms with E-state index in [-0.39, 0.29) is 11.7 Å². The highest BCUT2D eigenvalue weighted by molar-refractivity contribution is 5.89. The van der Waals surface area contributed by atoms with Crippen molar-refractivity contribution in [2.45, 2.75) is 19.8 Å². The molecule has 5 heteroatoms. The monoisotopic (exact) mass is 220 g/mol. The molecule has 1 aromatic heterocycles. The third kappa shape index (κ3) is 1.69. The van der Waals surface area contributed by atoms with E-state index in [0.717, 1.165) is 0 Å². The van der Waals surface area contributed by atoms with E-state index in [9.17, 15) is 4.39 Å². The van der Waals surface area contributed by atoms with Gasteiger partial charge in [0.2, 0.25) is 0 Å². The second-order valence-electron chi connectivity index (χ2n) is 3.86. The predicted molar refractivity (Wildman–Crippen MR) is 61.4 cm³/mol. The molecule has 1 heterocycles. The van der Waals surface area contributed by atoms with E-state index in [1.807, 2.05) is 13.8 Å². The smallest absolute Gasteiger partial charge is 0.154 e. The fourth-order valence-electron chi connectivity index (χ4n) is 1.52. The third-order valence-electron chi connectivity index (χ3n) is 2.34. The largest absolute Gasteiger partial charge is 0.308 e. The number of hydrazine groups is 1. The van der Waals surface area contributed by atoms with Crippen LogP contribution in [0, 0.1) is 5.82 Å². The molecule has 0 radical (unpaired) electrons. The normalized spacial score (nSPS) is 11.1. The maximum absolute atomic E-state index is 13.6. The Balaban J connectivity index is 2.78. The summed E-state index contributed by atoms with van der Waals surface area (Å²) in [5.41, 5.74) is 2.98. The van der Waals surface area contributed by atoms with Crippen LogP contribution in [0.25, 0.3) is 10.9 Å². The third-order valence-corrected chi connectivity index (χ3v) is 2.34. The number of anilines is 1. The Morgan fingerprint density at radius 2 is 2.06 bits per heavy atom. The summed E-state index contributed by atoms with van der Waals surface area (Å²) in [6.07, 6.45) is 0. The second kappa shape index (κ2) is 4.02. The molecule has 4 nitrogen and oxygen atoms in total. The van der Waals surface area contributed by atoms with Crippen LogP contribution in [-0.2, 0) is 0 Å². The molecular weight excluding hydrogens is 207 g/mol. The molecule has 1 aromatic carbocycles. The molecule has 0 atom stereocenters. The summed E-state index contributed by atoms with van der Waals surface area (Å²) in [5.74, 6) is 6.11. The van der Waals surface area contributed by atoms with Crippen LogP contribution in [0.15, 0.2) is 18.2 Å². The lowest BCUT2D eigenvalue weighted by Gasteiger charge is -2.10.